The summed E-state index contributed by atoms with van der Waals surface area (Å²) < 4.78 is 6.82. The van der Waals surface area contributed by atoms with Crippen molar-refractivity contribution in [1.82, 2.24) is 14.6 Å². The topological polar surface area (TPSA) is 56.5 Å². The van der Waals surface area contributed by atoms with Crippen LogP contribution in [-0.4, -0.2) is 27.2 Å². The highest BCUT2D eigenvalue weighted by atomic mass is 35.5. The second kappa shape index (κ2) is 7.01. The maximum absolute atomic E-state index is 12.1. The molecule has 0 spiro atoms. The number of benzene rings is 1. The molecule has 1 aromatic carbocycles. The third kappa shape index (κ3) is 3.12. The SMILES string of the molecule is CCCc1cc(-c2ccc(Cl)cc2)nc2c(C(=O)OCC)cnn12. The number of hydrogen-bond donors (Lipinski definition) is 0. The number of nitrogens with zero attached hydrogens (tertiary/aromatic N) is 3. The second-order valence-corrected chi connectivity index (χ2v) is 5.84. The number of esters is 1. The molecule has 0 aliphatic carbocycles. The van der Waals surface area contributed by atoms with E-state index in [9.17, 15) is 4.79 Å². The highest BCUT2D eigenvalue weighted by Gasteiger charge is 2.18. The van der Waals surface area contributed by atoms with E-state index in [2.05, 4.69) is 17.0 Å². The molecule has 5 nitrogen and oxygen atoms in total. The molecular formula is C18H18ClN3O2. The number of aryl methyl sites for hydroxylation is 1. The van der Waals surface area contributed by atoms with Gasteiger partial charge in [0.1, 0.15) is 5.56 Å². The van der Waals surface area contributed by atoms with Gasteiger partial charge in [-0.1, -0.05) is 37.1 Å². The molecule has 0 aliphatic heterocycles. The van der Waals surface area contributed by atoms with E-state index in [-0.39, 0.29) is 0 Å². The smallest absolute Gasteiger partial charge is 0.343 e. The fourth-order valence-electron chi connectivity index (χ4n) is 2.58. The number of carbonyl (C=O) groups excluding carboxylic acids is 1. The van der Waals surface area contributed by atoms with E-state index in [0.717, 1.165) is 29.8 Å². The van der Waals surface area contributed by atoms with Gasteiger partial charge >= 0.3 is 5.97 Å². The van der Waals surface area contributed by atoms with Gasteiger partial charge in [-0.15, -0.1) is 0 Å². The Balaban J connectivity index is 2.18. The van der Waals surface area contributed by atoms with Crippen molar-refractivity contribution in [1.29, 1.82) is 0 Å². The van der Waals surface area contributed by atoms with Gasteiger partial charge in [0.05, 0.1) is 18.5 Å². The summed E-state index contributed by atoms with van der Waals surface area (Å²) in [5, 5.41) is 4.99. The van der Waals surface area contributed by atoms with E-state index in [0.29, 0.717) is 22.8 Å². The Labute approximate surface area is 145 Å². The third-order valence-corrected chi connectivity index (χ3v) is 3.94. The molecule has 0 fully saturated rings. The second-order valence-electron chi connectivity index (χ2n) is 5.40. The van der Waals surface area contributed by atoms with Crippen molar-refractivity contribution in [2.75, 3.05) is 6.61 Å². The molecule has 0 amide bonds. The lowest BCUT2D eigenvalue weighted by Crippen LogP contribution is -2.07. The van der Waals surface area contributed by atoms with Gasteiger partial charge < -0.3 is 4.74 Å². The lowest BCUT2D eigenvalue weighted by atomic mass is 10.1. The summed E-state index contributed by atoms with van der Waals surface area (Å²) in [6.45, 7) is 4.19. The Bertz CT molecular complexity index is 872. The molecule has 2 heterocycles. The van der Waals surface area contributed by atoms with Crippen LogP contribution in [0.3, 0.4) is 0 Å². The number of halogens is 1. The van der Waals surface area contributed by atoms with Crippen LogP contribution in [-0.2, 0) is 11.2 Å². The van der Waals surface area contributed by atoms with E-state index in [4.69, 9.17) is 16.3 Å². The van der Waals surface area contributed by atoms with Gasteiger partial charge in [-0.2, -0.15) is 5.10 Å². The molecule has 2 aromatic heterocycles. The van der Waals surface area contributed by atoms with E-state index in [1.54, 1.807) is 11.4 Å². The van der Waals surface area contributed by atoms with Gasteiger partial charge in [0.25, 0.3) is 0 Å². The number of fused-ring (bicyclic) bond motifs is 1. The van der Waals surface area contributed by atoms with Crippen LogP contribution in [0.15, 0.2) is 36.5 Å². The molecule has 24 heavy (non-hydrogen) atoms. The summed E-state index contributed by atoms with van der Waals surface area (Å²) in [7, 11) is 0. The van der Waals surface area contributed by atoms with Gasteiger partial charge in [0.2, 0.25) is 0 Å². The summed E-state index contributed by atoms with van der Waals surface area (Å²) in [5.41, 5.74) is 3.63. The van der Waals surface area contributed by atoms with E-state index in [1.807, 2.05) is 30.3 Å². The summed E-state index contributed by atoms with van der Waals surface area (Å²) in [5.74, 6) is -0.407. The molecular weight excluding hydrogens is 326 g/mol. The molecule has 0 bridgehead atoms. The number of ether oxygens (including phenoxy) is 1. The van der Waals surface area contributed by atoms with Crippen LogP contribution in [0, 0.1) is 0 Å². The minimum Gasteiger partial charge on any atom is -0.462 e. The number of rotatable bonds is 5. The maximum Gasteiger partial charge on any atom is 0.343 e. The predicted molar refractivity (Wildman–Crippen MR) is 93.4 cm³/mol. The van der Waals surface area contributed by atoms with Crippen LogP contribution in [0.1, 0.15) is 36.3 Å². The fourth-order valence-corrected chi connectivity index (χ4v) is 2.71. The summed E-state index contributed by atoms with van der Waals surface area (Å²) in [6, 6.07) is 9.48. The lowest BCUT2D eigenvalue weighted by molar-refractivity contribution is 0.0528. The number of hydrogen-bond acceptors (Lipinski definition) is 4. The monoisotopic (exact) mass is 343 g/mol. The summed E-state index contributed by atoms with van der Waals surface area (Å²) >= 11 is 5.96. The Hall–Kier alpha value is -2.40. The minimum absolute atomic E-state index is 0.314. The van der Waals surface area contributed by atoms with Crippen molar-refractivity contribution in [2.24, 2.45) is 0 Å². The quantitative estimate of drug-likeness (QED) is 0.652. The molecule has 0 radical (unpaired) electrons. The Morgan fingerprint density at radius 2 is 2.00 bits per heavy atom. The Kier molecular flexibility index (Phi) is 4.81. The van der Waals surface area contributed by atoms with E-state index < -0.39 is 5.97 Å². The average Bonchev–Trinajstić information content (AvgIpc) is 3.00. The van der Waals surface area contributed by atoms with Crippen molar-refractivity contribution >= 4 is 23.2 Å². The molecule has 124 valence electrons. The van der Waals surface area contributed by atoms with Gasteiger partial charge in [0, 0.05) is 16.3 Å². The predicted octanol–water partition coefficient (Wildman–Crippen LogP) is 4.18. The lowest BCUT2D eigenvalue weighted by Gasteiger charge is -2.08. The Morgan fingerprint density at radius 3 is 2.67 bits per heavy atom. The first-order valence-electron chi connectivity index (χ1n) is 7.94. The zero-order valence-electron chi connectivity index (χ0n) is 13.6. The fraction of sp³-hybridized carbons (Fsp3) is 0.278. The highest BCUT2D eigenvalue weighted by Crippen LogP contribution is 2.24. The van der Waals surface area contributed by atoms with Crippen LogP contribution < -0.4 is 0 Å². The van der Waals surface area contributed by atoms with E-state index >= 15 is 0 Å². The average molecular weight is 344 g/mol. The summed E-state index contributed by atoms with van der Waals surface area (Å²) in [6.07, 6.45) is 3.32. The molecule has 0 saturated carbocycles. The zero-order chi connectivity index (χ0) is 17.1. The zero-order valence-corrected chi connectivity index (χ0v) is 14.4. The molecule has 0 aliphatic rings. The Morgan fingerprint density at radius 1 is 1.25 bits per heavy atom. The van der Waals surface area contributed by atoms with Crippen molar-refractivity contribution in [3.63, 3.8) is 0 Å². The van der Waals surface area contributed by atoms with E-state index in [1.165, 1.54) is 6.20 Å². The first-order valence-corrected chi connectivity index (χ1v) is 8.32. The van der Waals surface area contributed by atoms with Crippen molar-refractivity contribution in [3.05, 3.63) is 52.8 Å². The van der Waals surface area contributed by atoms with Crippen LogP contribution in [0.5, 0.6) is 0 Å². The standard InChI is InChI=1S/C18H18ClN3O2/c1-3-5-14-10-16(12-6-8-13(19)9-7-12)21-17-15(11-20-22(14)17)18(23)24-4-2/h6-11H,3-5H2,1-2H3. The van der Waals surface area contributed by atoms with Crippen LogP contribution >= 0.6 is 11.6 Å². The van der Waals surface area contributed by atoms with Crippen molar-refractivity contribution < 1.29 is 9.53 Å². The molecule has 0 saturated heterocycles. The van der Waals surface area contributed by atoms with Crippen LogP contribution in [0.2, 0.25) is 5.02 Å². The molecule has 0 atom stereocenters. The molecule has 6 heteroatoms. The van der Waals surface area contributed by atoms with Crippen LogP contribution in [0.25, 0.3) is 16.9 Å². The van der Waals surface area contributed by atoms with Crippen molar-refractivity contribution in [2.45, 2.75) is 26.7 Å². The summed E-state index contributed by atoms with van der Waals surface area (Å²) in [4.78, 5) is 16.8. The van der Waals surface area contributed by atoms with Gasteiger partial charge in [-0.05, 0) is 31.5 Å². The molecule has 0 unspecified atom stereocenters. The minimum atomic E-state index is -0.407. The first kappa shape index (κ1) is 16.5. The van der Waals surface area contributed by atoms with Crippen LogP contribution in [0.4, 0.5) is 0 Å². The van der Waals surface area contributed by atoms with Crippen molar-refractivity contribution in [3.8, 4) is 11.3 Å². The molecule has 3 aromatic rings. The molecule has 0 N–H and O–H groups in total. The van der Waals surface area contributed by atoms with Gasteiger partial charge in [-0.3, -0.25) is 0 Å². The normalized spacial score (nSPS) is 11.0. The maximum atomic E-state index is 12.1. The largest absolute Gasteiger partial charge is 0.462 e. The molecule has 3 rings (SSSR count). The van der Waals surface area contributed by atoms with Gasteiger partial charge in [0.15, 0.2) is 5.65 Å². The third-order valence-electron chi connectivity index (χ3n) is 3.69. The highest BCUT2D eigenvalue weighted by molar-refractivity contribution is 6.30. The van der Waals surface area contributed by atoms with Gasteiger partial charge in [-0.25, -0.2) is 14.3 Å². The number of aromatic nitrogens is 3. The first-order chi connectivity index (χ1) is 11.6. The number of carbonyl (C=O) groups is 1.